The van der Waals surface area contributed by atoms with Gasteiger partial charge in [-0.2, -0.15) is 0 Å². The van der Waals surface area contributed by atoms with Crippen molar-refractivity contribution < 1.29 is 13.9 Å². The first kappa shape index (κ1) is 13.0. The van der Waals surface area contributed by atoms with Crippen LogP contribution < -0.4 is 10.1 Å². The molecule has 1 saturated heterocycles. The lowest BCUT2D eigenvalue weighted by atomic mass is 9.91. The highest BCUT2D eigenvalue weighted by Crippen LogP contribution is 2.23. The van der Waals surface area contributed by atoms with E-state index in [1.54, 1.807) is 18.3 Å². The predicted molar refractivity (Wildman–Crippen MR) is 65.6 cm³/mol. The average Bonchev–Trinajstić information content (AvgIpc) is 2.45. The van der Waals surface area contributed by atoms with Crippen LogP contribution in [0.4, 0.5) is 4.39 Å². The lowest BCUT2D eigenvalue weighted by Crippen LogP contribution is -2.32. The number of carbonyl (C=O) groups is 1. The van der Waals surface area contributed by atoms with Crippen LogP contribution in [-0.2, 0) is 0 Å². The van der Waals surface area contributed by atoms with Crippen molar-refractivity contribution in [2.24, 2.45) is 5.92 Å². The van der Waals surface area contributed by atoms with Gasteiger partial charge in [-0.1, -0.05) is 0 Å². The Morgan fingerprint density at radius 3 is 3.00 bits per heavy atom. The maximum Gasteiger partial charge on any atom is 0.188 e. The Kier molecular flexibility index (Phi) is 4.64. The summed E-state index contributed by atoms with van der Waals surface area (Å²) in [5.41, 5.74) is 0.331. The van der Waals surface area contributed by atoms with Crippen molar-refractivity contribution in [3.8, 4) is 5.75 Å². The minimum absolute atomic E-state index is 0.00552. The number of hydrogen-bond donors (Lipinski definition) is 1. The van der Waals surface area contributed by atoms with E-state index in [0.717, 1.165) is 25.9 Å². The van der Waals surface area contributed by atoms with Gasteiger partial charge in [-0.3, -0.25) is 4.79 Å². The van der Waals surface area contributed by atoms with Gasteiger partial charge in [0.15, 0.2) is 5.78 Å². The fourth-order valence-electron chi connectivity index (χ4n) is 2.12. The Hall–Kier alpha value is -1.49. The molecule has 0 unspecified atom stereocenters. The third kappa shape index (κ3) is 3.04. The second-order valence-corrected chi connectivity index (χ2v) is 4.28. The lowest BCUT2D eigenvalue weighted by Gasteiger charge is -2.21. The van der Waals surface area contributed by atoms with Crippen LogP contribution in [0.1, 0.15) is 23.3 Å². The minimum Gasteiger partial charge on any atom is -0.488 e. The Labute approximate surface area is 106 Å². The molecule has 0 atom stereocenters. The molecule has 2 rings (SSSR count). The Morgan fingerprint density at radius 1 is 1.50 bits per heavy atom. The highest BCUT2D eigenvalue weighted by Gasteiger charge is 2.25. The fraction of sp³-hybridized carbons (Fsp3) is 0.538. The summed E-state index contributed by atoms with van der Waals surface area (Å²) in [5.74, 6) is 0.388. The van der Waals surface area contributed by atoms with E-state index in [1.807, 2.05) is 0 Å². The van der Waals surface area contributed by atoms with Crippen LogP contribution in [-0.4, -0.2) is 37.1 Å². The standard InChI is InChI=1S/C13H17FN2O2/c14-5-9-18-11-2-1-6-16-12(11)13(17)10-3-7-15-8-4-10/h1-2,6,10,15H,3-5,7-9H2. The highest BCUT2D eigenvalue weighted by atomic mass is 19.1. The molecule has 1 N–H and O–H groups in total. The molecule has 0 radical (unpaired) electrons. The maximum atomic E-state index is 12.3. The van der Waals surface area contributed by atoms with Crippen molar-refractivity contribution in [2.75, 3.05) is 26.4 Å². The zero-order valence-corrected chi connectivity index (χ0v) is 10.2. The molecule has 1 aromatic heterocycles. The molecule has 2 heterocycles. The number of carbonyl (C=O) groups excluding carboxylic acids is 1. The summed E-state index contributed by atoms with van der Waals surface area (Å²) in [6.07, 6.45) is 3.20. The van der Waals surface area contributed by atoms with E-state index in [0.29, 0.717) is 11.4 Å². The first-order valence-corrected chi connectivity index (χ1v) is 6.21. The number of ether oxygens (including phenoxy) is 1. The van der Waals surface area contributed by atoms with E-state index in [-0.39, 0.29) is 18.3 Å². The molecule has 1 aliphatic rings. The zero-order chi connectivity index (χ0) is 12.8. The average molecular weight is 252 g/mol. The predicted octanol–water partition coefficient (Wildman–Crippen LogP) is 1.61. The van der Waals surface area contributed by atoms with Crippen LogP contribution in [0.2, 0.25) is 0 Å². The van der Waals surface area contributed by atoms with Crippen LogP contribution in [0, 0.1) is 5.92 Å². The van der Waals surface area contributed by atoms with Crippen molar-refractivity contribution in [1.82, 2.24) is 10.3 Å². The quantitative estimate of drug-likeness (QED) is 0.809. The summed E-state index contributed by atoms with van der Waals surface area (Å²) < 4.78 is 17.4. The summed E-state index contributed by atoms with van der Waals surface area (Å²) >= 11 is 0. The number of halogens is 1. The topological polar surface area (TPSA) is 51.2 Å². The SMILES string of the molecule is O=C(c1ncccc1OCCF)C1CCNCC1. The van der Waals surface area contributed by atoms with Crippen LogP contribution in [0.3, 0.4) is 0 Å². The smallest absolute Gasteiger partial charge is 0.188 e. The monoisotopic (exact) mass is 252 g/mol. The van der Waals surface area contributed by atoms with Gasteiger partial charge in [0.25, 0.3) is 0 Å². The van der Waals surface area contributed by atoms with E-state index < -0.39 is 6.67 Å². The third-order valence-electron chi connectivity index (χ3n) is 3.05. The Morgan fingerprint density at radius 2 is 2.28 bits per heavy atom. The van der Waals surface area contributed by atoms with Crippen LogP contribution >= 0.6 is 0 Å². The molecule has 5 heteroatoms. The van der Waals surface area contributed by atoms with Crippen LogP contribution in [0.25, 0.3) is 0 Å². The first-order chi connectivity index (χ1) is 8.83. The number of pyridine rings is 1. The first-order valence-electron chi connectivity index (χ1n) is 6.21. The van der Waals surface area contributed by atoms with Crippen molar-refractivity contribution >= 4 is 5.78 Å². The van der Waals surface area contributed by atoms with E-state index in [4.69, 9.17) is 4.74 Å². The number of alkyl halides is 1. The van der Waals surface area contributed by atoms with Gasteiger partial charge < -0.3 is 10.1 Å². The number of nitrogens with zero attached hydrogens (tertiary/aromatic N) is 1. The summed E-state index contributed by atoms with van der Waals surface area (Å²) in [5, 5.41) is 3.22. The highest BCUT2D eigenvalue weighted by molar-refractivity contribution is 5.98. The van der Waals surface area contributed by atoms with E-state index in [9.17, 15) is 9.18 Å². The van der Waals surface area contributed by atoms with Crippen LogP contribution in [0.5, 0.6) is 5.75 Å². The van der Waals surface area contributed by atoms with Gasteiger partial charge in [-0.15, -0.1) is 0 Å². The number of ketones is 1. The summed E-state index contributed by atoms with van der Waals surface area (Å²) in [7, 11) is 0. The molecule has 1 aliphatic heterocycles. The zero-order valence-electron chi connectivity index (χ0n) is 10.2. The molecule has 1 aromatic rings. The van der Waals surface area contributed by atoms with Gasteiger partial charge in [0, 0.05) is 12.1 Å². The molecule has 0 aliphatic carbocycles. The van der Waals surface area contributed by atoms with Crippen molar-refractivity contribution in [3.63, 3.8) is 0 Å². The molecule has 0 saturated carbocycles. The van der Waals surface area contributed by atoms with Crippen LogP contribution in [0.15, 0.2) is 18.3 Å². The summed E-state index contributed by atoms with van der Waals surface area (Å²) in [6, 6.07) is 3.35. The molecule has 18 heavy (non-hydrogen) atoms. The number of rotatable bonds is 5. The Bertz CT molecular complexity index is 406. The molecule has 4 nitrogen and oxygen atoms in total. The number of piperidine rings is 1. The fourth-order valence-corrected chi connectivity index (χ4v) is 2.12. The van der Waals surface area contributed by atoms with Gasteiger partial charge in [0.1, 0.15) is 24.7 Å². The number of nitrogens with one attached hydrogen (secondary N) is 1. The van der Waals surface area contributed by atoms with Crippen molar-refractivity contribution in [2.45, 2.75) is 12.8 Å². The van der Waals surface area contributed by atoms with Gasteiger partial charge in [0.05, 0.1) is 0 Å². The molecule has 0 bridgehead atoms. The minimum atomic E-state index is -0.574. The van der Waals surface area contributed by atoms with E-state index >= 15 is 0 Å². The van der Waals surface area contributed by atoms with E-state index in [2.05, 4.69) is 10.3 Å². The second-order valence-electron chi connectivity index (χ2n) is 4.28. The molecule has 0 spiro atoms. The maximum absolute atomic E-state index is 12.3. The number of aromatic nitrogens is 1. The molecule has 1 fully saturated rings. The molecular weight excluding hydrogens is 235 g/mol. The van der Waals surface area contributed by atoms with Crippen molar-refractivity contribution in [1.29, 1.82) is 0 Å². The van der Waals surface area contributed by atoms with Gasteiger partial charge in [-0.05, 0) is 38.1 Å². The van der Waals surface area contributed by atoms with Crippen molar-refractivity contribution in [3.05, 3.63) is 24.0 Å². The normalized spacial score (nSPS) is 16.5. The molecule has 0 amide bonds. The van der Waals surface area contributed by atoms with Gasteiger partial charge in [0.2, 0.25) is 0 Å². The molecular formula is C13H17FN2O2. The molecule has 98 valence electrons. The summed E-state index contributed by atoms with van der Waals surface area (Å²) in [4.78, 5) is 16.4. The van der Waals surface area contributed by atoms with Gasteiger partial charge in [-0.25, -0.2) is 9.37 Å². The second kappa shape index (κ2) is 6.44. The van der Waals surface area contributed by atoms with Gasteiger partial charge >= 0.3 is 0 Å². The largest absolute Gasteiger partial charge is 0.488 e. The number of hydrogen-bond acceptors (Lipinski definition) is 4. The van der Waals surface area contributed by atoms with E-state index in [1.165, 1.54) is 0 Å². The number of Topliss-reactive ketones (excluding diaryl/α,β-unsaturated/α-hetero) is 1. The summed E-state index contributed by atoms with van der Waals surface area (Å²) in [6.45, 7) is 1.09. The Balaban J connectivity index is 2.12. The molecule has 0 aromatic carbocycles. The third-order valence-corrected chi connectivity index (χ3v) is 3.05. The lowest BCUT2D eigenvalue weighted by molar-refractivity contribution is 0.0884.